The molecule has 1 saturated heterocycles. The monoisotopic (exact) mass is 486 g/mol. The molecule has 7 nitrogen and oxygen atoms in total. The molecule has 1 aliphatic rings. The number of rotatable bonds is 6. The largest absolute Gasteiger partial charge is 0.495 e. The van der Waals surface area contributed by atoms with Crippen LogP contribution < -0.4 is 14.8 Å². The van der Waals surface area contributed by atoms with Gasteiger partial charge in [0.15, 0.2) is 0 Å². The summed E-state index contributed by atoms with van der Waals surface area (Å²) in [5.41, 5.74) is 2.18. The summed E-state index contributed by atoms with van der Waals surface area (Å²) >= 11 is 13.1. The second-order valence-corrected chi connectivity index (χ2v) is 8.68. The fourth-order valence-corrected chi connectivity index (χ4v) is 4.75. The maximum absolute atomic E-state index is 11.9. The second kappa shape index (κ2) is 9.45. The third kappa shape index (κ3) is 4.43. The van der Waals surface area contributed by atoms with Gasteiger partial charge in [-0.05, 0) is 29.7 Å². The molecular weight excluding hydrogens is 463 g/mol. The number of aromatic nitrogens is 2. The zero-order chi connectivity index (χ0) is 23.7. The zero-order valence-corrected chi connectivity index (χ0v) is 20.1. The van der Waals surface area contributed by atoms with E-state index in [1.807, 2.05) is 18.2 Å². The van der Waals surface area contributed by atoms with Crippen LogP contribution in [0.3, 0.4) is 0 Å². The van der Waals surface area contributed by atoms with Gasteiger partial charge in [-0.15, -0.1) is 0 Å². The fraction of sp³-hybridized carbons (Fsp3) is 0.292. The SMILES string of the molecule is C=CC(=O)N1C[C@H](Nc2ncc3cc(-c4c(Cl)c(OC)cc(OC)c4Cl)ccc3n2)[C@@H](C)C1. The number of benzene rings is 2. The first kappa shape index (κ1) is 23.1. The van der Waals surface area contributed by atoms with E-state index in [1.165, 1.54) is 6.08 Å². The molecule has 0 aliphatic carbocycles. The lowest BCUT2D eigenvalue weighted by Gasteiger charge is -2.17. The first-order valence-electron chi connectivity index (χ1n) is 10.4. The minimum Gasteiger partial charge on any atom is -0.495 e. The smallest absolute Gasteiger partial charge is 0.246 e. The molecule has 3 aromatic rings. The third-order valence-corrected chi connectivity index (χ3v) is 6.61. The van der Waals surface area contributed by atoms with E-state index in [2.05, 4.69) is 28.8 Å². The number of methoxy groups -OCH3 is 2. The first-order chi connectivity index (χ1) is 15.9. The average molecular weight is 487 g/mol. The maximum atomic E-state index is 11.9. The number of carbonyl (C=O) groups is 1. The van der Waals surface area contributed by atoms with E-state index in [0.717, 1.165) is 16.5 Å². The van der Waals surface area contributed by atoms with E-state index >= 15 is 0 Å². The predicted octanol–water partition coefficient (Wildman–Crippen LogP) is 5.07. The van der Waals surface area contributed by atoms with Gasteiger partial charge >= 0.3 is 0 Å². The summed E-state index contributed by atoms with van der Waals surface area (Å²) in [6.07, 6.45) is 3.09. The number of nitrogens with one attached hydrogen (secondary N) is 1. The van der Waals surface area contributed by atoms with Crippen molar-refractivity contribution < 1.29 is 14.3 Å². The van der Waals surface area contributed by atoms with Crippen LogP contribution in [-0.4, -0.2) is 54.1 Å². The molecule has 0 radical (unpaired) electrons. The van der Waals surface area contributed by atoms with Gasteiger partial charge in [-0.3, -0.25) is 4.79 Å². The van der Waals surface area contributed by atoms with Crippen molar-refractivity contribution in [3.05, 3.63) is 53.2 Å². The summed E-state index contributed by atoms with van der Waals surface area (Å²) in [5.74, 6) is 1.66. The van der Waals surface area contributed by atoms with Crippen LogP contribution in [0, 0.1) is 5.92 Å². The van der Waals surface area contributed by atoms with Gasteiger partial charge in [0, 0.05) is 36.3 Å². The molecule has 9 heteroatoms. The molecule has 0 unspecified atom stereocenters. The maximum Gasteiger partial charge on any atom is 0.246 e. The Kier molecular flexibility index (Phi) is 6.63. The van der Waals surface area contributed by atoms with Gasteiger partial charge in [-0.1, -0.05) is 42.8 Å². The van der Waals surface area contributed by atoms with Crippen LogP contribution in [0.2, 0.25) is 10.0 Å². The molecule has 0 spiro atoms. The Hall–Kier alpha value is -3.03. The lowest BCUT2D eigenvalue weighted by atomic mass is 10.0. The van der Waals surface area contributed by atoms with Crippen molar-refractivity contribution in [3.8, 4) is 22.6 Å². The van der Waals surface area contributed by atoms with Crippen LogP contribution in [0.4, 0.5) is 5.95 Å². The quantitative estimate of drug-likeness (QED) is 0.490. The van der Waals surface area contributed by atoms with Gasteiger partial charge in [-0.2, -0.15) is 0 Å². The highest BCUT2D eigenvalue weighted by molar-refractivity contribution is 6.41. The molecule has 1 N–H and O–H groups in total. The summed E-state index contributed by atoms with van der Waals surface area (Å²) in [5, 5.41) is 4.99. The fourth-order valence-electron chi connectivity index (χ4n) is 4.03. The van der Waals surface area contributed by atoms with E-state index < -0.39 is 0 Å². The van der Waals surface area contributed by atoms with Crippen molar-refractivity contribution >= 4 is 46.0 Å². The van der Waals surface area contributed by atoms with Crippen molar-refractivity contribution in [2.75, 3.05) is 32.6 Å². The normalized spacial score (nSPS) is 17.8. The van der Waals surface area contributed by atoms with E-state index in [9.17, 15) is 4.79 Å². The lowest BCUT2D eigenvalue weighted by Crippen LogP contribution is -2.31. The Bertz CT molecular complexity index is 1210. The first-order valence-corrected chi connectivity index (χ1v) is 11.2. The molecule has 2 atom stereocenters. The van der Waals surface area contributed by atoms with Crippen LogP contribution in [0.25, 0.3) is 22.0 Å². The molecule has 0 saturated carbocycles. The van der Waals surface area contributed by atoms with Gasteiger partial charge in [0.2, 0.25) is 11.9 Å². The number of halogens is 2. The van der Waals surface area contributed by atoms with Gasteiger partial charge in [0.1, 0.15) is 11.5 Å². The summed E-state index contributed by atoms with van der Waals surface area (Å²) in [4.78, 5) is 22.8. The van der Waals surface area contributed by atoms with Crippen LogP contribution in [0.1, 0.15) is 6.92 Å². The Morgan fingerprint density at radius 3 is 2.52 bits per heavy atom. The molecule has 1 aliphatic heterocycles. The van der Waals surface area contributed by atoms with Crippen molar-refractivity contribution in [1.29, 1.82) is 0 Å². The molecule has 33 heavy (non-hydrogen) atoms. The van der Waals surface area contributed by atoms with E-state index in [1.54, 1.807) is 31.4 Å². The summed E-state index contributed by atoms with van der Waals surface area (Å²) in [6.45, 7) is 6.92. The molecule has 1 aromatic heterocycles. The summed E-state index contributed by atoms with van der Waals surface area (Å²) in [7, 11) is 3.08. The van der Waals surface area contributed by atoms with Gasteiger partial charge in [0.05, 0.1) is 35.8 Å². The highest BCUT2D eigenvalue weighted by Gasteiger charge is 2.32. The van der Waals surface area contributed by atoms with Crippen LogP contribution in [0.5, 0.6) is 11.5 Å². The Balaban J connectivity index is 1.63. The number of anilines is 1. The van der Waals surface area contributed by atoms with Crippen LogP contribution >= 0.6 is 23.2 Å². The minimum atomic E-state index is -0.0652. The van der Waals surface area contributed by atoms with Crippen molar-refractivity contribution in [3.63, 3.8) is 0 Å². The van der Waals surface area contributed by atoms with Crippen molar-refractivity contribution in [2.24, 2.45) is 5.92 Å². The number of carbonyl (C=O) groups excluding carboxylic acids is 1. The Labute approximate surface area is 202 Å². The van der Waals surface area contributed by atoms with Gasteiger partial charge in [-0.25, -0.2) is 9.97 Å². The standard InChI is InChI=1S/C24H24Cl2N4O3/c1-5-20(31)30-11-13(2)17(12-30)29-24-27-10-15-8-14(6-7-16(15)28-24)21-22(25)18(32-3)9-19(33-4)23(21)26/h5-10,13,17H,1,11-12H2,2-4H3,(H,27,28,29)/t13-,17-/m0/s1. The Morgan fingerprint density at radius 1 is 1.18 bits per heavy atom. The lowest BCUT2D eigenvalue weighted by molar-refractivity contribution is -0.125. The highest BCUT2D eigenvalue weighted by atomic mass is 35.5. The summed E-state index contributed by atoms with van der Waals surface area (Å²) in [6, 6.07) is 7.43. The number of nitrogens with zero attached hydrogens (tertiary/aromatic N) is 3. The molecule has 2 aromatic carbocycles. The Morgan fingerprint density at radius 2 is 1.88 bits per heavy atom. The average Bonchev–Trinajstić information content (AvgIpc) is 3.18. The van der Waals surface area contributed by atoms with Gasteiger partial charge < -0.3 is 19.7 Å². The minimum absolute atomic E-state index is 0.0625. The van der Waals surface area contributed by atoms with E-state index in [-0.39, 0.29) is 17.9 Å². The topological polar surface area (TPSA) is 76.6 Å². The molecule has 1 fully saturated rings. The summed E-state index contributed by atoms with van der Waals surface area (Å²) < 4.78 is 10.8. The van der Waals surface area contributed by atoms with Crippen LogP contribution in [-0.2, 0) is 4.79 Å². The molecule has 172 valence electrons. The molecule has 0 bridgehead atoms. The van der Waals surface area contributed by atoms with Crippen molar-refractivity contribution in [1.82, 2.24) is 14.9 Å². The third-order valence-electron chi connectivity index (χ3n) is 5.86. The van der Waals surface area contributed by atoms with E-state index in [4.69, 9.17) is 32.7 Å². The number of hydrogen-bond donors (Lipinski definition) is 1. The number of likely N-dealkylation sites (tertiary alicyclic amines) is 1. The van der Waals surface area contributed by atoms with E-state index in [0.29, 0.717) is 46.1 Å². The number of fused-ring (bicyclic) bond motifs is 1. The molecule has 4 rings (SSSR count). The van der Waals surface area contributed by atoms with Crippen LogP contribution in [0.15, 0.2) is 43.1 Å². The second-order valence-electron chi connectivity index (χ2n) is 7.93. The molecular formula is C24H24Cl2N4O3. The van der Waals surface area contributed by atoms with Gasteiger partial charge in [0.25, 0.3) is 0 Å². The molecule has 1 amide bonds. The highest BCUT2D eigenvalue weighted by Crippen LogP contribution is 2.46. The van der Waals surface area contributed by atoms with Crippen molar-refractivity contribution in [2.45, 2.75) is 13.0 Å². The number of hydrogen-bond acceptors (Lipinski definition) is 6. The number of amides is 1. The zero-order valence-electron chi connectivity index (χ0n) is 18.6. The molecule has 2 heterocycles. The number of ether oxygens (including phenoxy) is 2. The predicted molar refractivity (Wildman–Crippen MR) is 131 cm³/mol.